The zero-order valence-corrected chi connectivity index (χ0v) is 19.5. The van der Waals surface area contributed by atoms with Gasteiger partial charge in [-0.1, -0.05) is 30.3 Å². The minimum Gasteiger partial charge on any atom is -0.379 e. The van der Waals surface area contributed by atoms with Crippen LogP contribution in [0.3, 0.4) is 0 Å². The molecule has 1 aliphatic rings. The molecule has 7 heteroatoms. The quantitative estimate of drug-likeness (QED) is 0.348. The van der Waals surface area contributed by atoms with Crippen LogP contribution in [0.15, 0.2) is 35.3 Å². The fourth-order valence-corrected chi connectivity index (χ4v) is 3.02. The Morgan fingerprint density at radius 1 is 1.23 bits per heavy atom. The van der Waals surface area contributed by atoms with Gasteiger partial charge in [0.2, 0.25) is 0 Å². The van der Waals surface area contributed by atoms with Crippen LogP contribution in [0.25, 0.3) is 0 Å². The first-order valence-electron chi connectivity index (χ1n) is 8.92. The number of nitrogens with one attached hydrogen (secondary N) is 2. The Balaban J connectivity index is 0.00000338. The van der Waals surface area contributed by atoms with Crippen LogP contribution < -0.4 is 10.6 Å². The Hall–Kier alpha value is -0.510. The third-order valence-electron chi connectivity index (χ3n) is 4.59. The predicted molar refractivity (Wildman–Crippen MR) is 124 cm³/mol. The summed E-state index contributed by atoms with van der Waals surface area (Å²) in [5.41, 5.74) is 1.33. The molecule has 1 fully saturated rings. The van der Waals surface area contributed by atoms with E-state index in [4.69, 9.17) is 4.74 Å². The number of ether oxygens (including phenoxy) is 1. The van der Waals surface area contributed by atoms with Gasteiger partial charge < -0.3 is 15.4 Å². The molecular formula is C19H33IN4OS. The summed E-state index contributed by atoms with van der Waals surface area (Å²) in [6.45, 7) is 9.71. The van der Waals surface area contributed by atoms with E-state index in [2.05, 4.69) is 71.0 Å². The Morgan fingerprint density at radius 2 is 1.88 bits per heavy atom. The molecule has 148 valence electrons. The van der Waals surface area contributed by atoms with E-state index in [1.54, 1.807) is 0 Å². The van der Waals surface area contributed by atoms with Crippen molar-refractivity contribution in [2.24, 2.45) is 4.99 Å². The number of morpholine rings is 1. The second-order valence-corrected chi connectivity index (χ2v) is 8.36. The summed E-state index contributed by atoms with van der Waals surface area (Å²) in [5, 5.41) is 6.95. The predicted octanol–water partition coefficient (Wildman–Crippen LogP) is 2.98. The Bertz CT molecular complexity index is 536. The molecule has 0 bridgehead atoms. The zero-order valence-electron chi connectivity index (χ0n) is 16.3. The van der Waals surface area contributed by atoms with Gasteiger partial charge in [-0.25, -0.2) is 0 Å². The van der Waals surface area contributed by atoms with E-state index in [0.717, 1.165) is 45.4 Å². The smallest absolute Gasteiger partial charge is 0.191 e. The summed E-state index contributed by atoms with van der Waals surface area (Å²) >= 11 is 1.86. The van der Waals surface area contributed by atoms with E-state index in [1.807, 2.05) is 18.8 Å². The van der Waals surface area contributed by atoms with Gasteiger partial charge in [-0.15, -0.1) is 24.0 Å². The molecule has 1 heterocycles. The van der Waals surface area contributed by atoms with E-state index >= 15 is 0 Å². The molecule has 1 aromatic carbocycles. The molecule has 0 spiro atoms. The van der Waals surface area contributed by atoms with Crippen LogP contribution in [0.2, 0.25) is 0 Å². The van der Waals surface area contributed by atoms with Gasteiger partial charge in [-0.05, 0) is 25.7 Å². The third kappa shape index (κ3) is 7.62. The Morgan fingerprint density at radius 3 is 2.46 bits per heavy atom. The number of halogens is 1. The maximum absolute atomic E-state index is 5.52. The van der Waals surface area contributed by atoms with Gasteiger partial charge in [0.25, 0.3) is 0 Å². The standard InChI is InChI=1S/C19H32N4OS.HI/c1-19(2,25-4)15-22-18(20-3)21-14-17(16-8-6-5-7-9-16)23-10-12-24-13-11-23;/h5-9,17H,10-15H2,1-4H3,(H2,20,21,22);1H. The number of benzene rings is 1. The van der Waals surface area contributed by atoms with Gasteiger partial charge in [0, 0.05) is 38.0 Å². The fourth-order valence-electron chi connectivity index (χ4n) is 2.80. The van der Waals surface area contributed by atoms with Crippen molar-refractivity contribution in [2.45, 2.75) is 24.6 Å². The van der Waals surface area contributed by atoms with Crippen LogP contribution >= 0.6 is 35.7 Å². The van der Waals surface area contributed by atoms with Crippen LogP contribution in [0, 0.1) is 0 Å². The normalized spacial score (nSPS) is 17.3. The van der Waals surface area contributed by atoms with Gasteiger partial charge in [-0.2, -0.15) is 11.8 Å². The van der Waals surface area contributed by atoms with E-state index in [0.29, 0.717) is 6.04 Å². The lowest BCUT2D eigenvalue weighted by Crippen LogP contribution is -2.48. The molecule has 1 aromatic rings. The highest BCUT2D eigenvalue weighted by Crippen LogP contribution is 2.21. The molecule has 1 saturated heterocycles. The average Bonchev–Trinajstić information content (AvgIpc) is 2.66. The highest BCUT2D eigenvalue weighted by molar-refractivity contribution is 14.0. The molecule has 1 atom stereocenters. The second kappa shape index (κ2) is 12.0. The molecule has 0 aliphatic carbocycles. The van der Waals surface area contributed by atoms with Crippen molar-refractivity contribution in [2.75, 3.05) is 52.7 Å². The van der Waals surface area contributed by atoms with Crippen molar-refractivity contribution in [3.05, 3.63) is 35.9 Å². The molecule has 0 aromatic heterocycles. The lowest BCUT2D eigenvalue weighted by Gasteiger charge is -2.35. The minimum absolute atomic E-state index is 0. The van der Waals surface area contributed by atoms with Gasteiger partial charge in [-0.3, -0.25) is 9.89 Å². The SMILES string of the molecule is CN=C(NCC(c1ccccc1)N1CCOCC1)NCC(C)(C)SC.I. The lowest BCUT2D eigenvalue weighted by molar-refractivity contribution is 0.0170. The summed E-state index contributed by atoms with van der Waals surface area (Å²) in [5.74, 6) is 0.858. The fraction of sp³-hybridized carbons (Fsp3) is 0.632. The molecule has 5 nitrogen and oxygen atoms in total. The number of rotatable bonds is 7. The summed E-state index contributed by atoms with van der Waals surface area (Å²) in [6, 6.07) is 11.0. The van der Waals surface area contributed by atoms with Crippen LogP contribution in [0.5, 0.6) is 0 Å². The number of aliphatic imine (C=N–C) groups is 1. The summed E-state index contributed by atoms with van der Waals surface area (Å²) < 4.78 is 5.70. The zero-order chi connectivity index (χ0) is 18.1. The van der Waals surface area contributed by atoms with Gasteiger partial charge in [0.1, 0.15) is 0 Å². The largest absolute Gasteiger partial charge is 0.379 e. The summed E-state index contributed by atoms with van der Waals surface area (Å²) in [4.78, 5) is 6.87. The van der Waals surface area contributed by atoms with E-state index in [9.17, 15) is 0 Å². The van der Waals surface area contributed by atoms with Crippen molar-refractivity contribution < 1.29 is 4.74 Å². The molecule has 0 amide bonds. The highest BCUT2D eigenvalue weighted by atomic mass is 127. The van der Waals surface area contributed by atoms with Crippen LogP contribution in [-0.4, -0.2) is 68.3 Å². The van der Waals surface area contributed by atoms with Gasteiger partial charge in [0.05, 0.1) is 19.3 Å². The molecule has 26 heavy (non-hydrogen) atoms. The highest BCUT2D eigenvalue weighted by Gasteiger charge is 2.23. The van der Waals surface area contributed by atoms with Crippen molar-refractivity contribution >= 4 is 41.7 Å². The second-order valence-electron chi connectivity index (χ2n) is 6.85. The van der Waals surface area contributed by atoms with Gasteiger partial charge in [0.15, 0.2) is 5.96 Å². The maximum atomic E-state index is 5.52. The topological polar surface area (TPSA) is 48.9 Å². The van der Waals surface area contributed by atoms with Crippen molar-refractivity contribution in [3.63, 3.8) is 0 Å². The molecule has 1 aliphatic heterocycles. The van der Waals surface area contributed by atoms with Crippen LogP contribution in [0.1, 0.15) is 25.5 Å². The first kappa shape index (κ1) is 23.5. The third-order valence-corrected chi connectivity index (χ3v) is 5.84. The van der Waals surface area contributed by atoms with Crippen molar-refractivity contribution in [3.8, 4) is 0 Å². The first-order valence-corrected chi connectivity index (χ1v) is 10.1. The summed E-state index contributed by atoms with van der Waals surface area (Å²) in [6.07, 6.45) is 2.14. The molecule has 0 radical (unpaired) electrons. The number of nitrogens with zero attached hydrogens (tertiary/aromatic N) is 2. The maximum Gasteiger partial charge on any atom is 0.191 e. The number of guanidine groups is 1. The molecule has 2 N–H and O–H groups in total. The average molecular weight is 492 g/mol. The van der Waals surface area contributed by atoms with E-state index in [-0.39, 0.29) is 28.7 Å². The van der Waals surface area contributed by atoms with Crippen LogP contribution in [0.4, 0.5) is 0 Å². The Kier molecular flexibility index (Phi) is 10.9. The van der Waals surface area contributed by atoms with Gasteiger partial charge >= 0.3 is 0 Å². The molecular weight excluding hydrogens is 459 g/mol. The monoisotopic (exact) mass is 492 g/mol. The molecule has 1 unspecified atom stereocenters. The number of thioether (sulfide) groups is 1. The van der Waals surface area contributed by atoms with Crippen molar-refractivity contribution in [1.29, 1.82) is 0 Å². The van der Waals surface area contributed by atoms with E-state index in [1.165, 1.54) is 5.56 Å². The van der Waals surface area contributed by atoms with E-state index < -0.39 is 0 Å². The lowest BCUT2D eigenvalue weighted by atomic mass is 10.0. The van der Waals surface area contributed by atoms with Crippen LogP contribution in [-0.2, 0) is 4.74 Å². The van der Waals surface area contributed by atoms with Crippen molar-refractivity contribution in [1.82, 2.24) is 15.5 Å². The first-order chi connectivity index (χ1) is 12.1. The summed E-state index contributed by atoms with van der Waals surface area (Å²) in [7, 11) is 1.83. The minimum atomic E-state index is 0. The Labute approximate surface area is 179 Å². The molecule has 0 saturated carbocycles. The number of hydrogen-bond acceptors (Lipinski definition) is 4. The molecule has 2 rings (SSSR count). The number of hydrogen-bond donors (Lipinski definition) is 2.